The van der Waals surface area contributed by atoms with Gasteiger partial charge in [0.1, 0.15) is 24.5 Å². The first-order valence-electron chi connectivity index (χ1n) is 3.90. The Balaban J connectivity index is 2.19. The Bertz CT molecular complexity index is 343. The summed E-state index contributed by atoms with van der Waals surface area (Å²) in [6, 6.07) is 0. The molecular weight excluding hydrogens is 174 g/mol. The molecule has 1 atom stereocenters. The number of rotatable bonds is 3. The van der Waals surface area contributed by atoms with E-state index in [0.717, 1.165) is 0 Å². The Morgan fingerprint density at radius 3 is 3.15 bits per heavy atom. The van der Waals surface area contributed by atoms with Gasteiger partial charge < -0.3 is 14.9 Å². The van der Waals surface area contributed by atoms with Gasteiger partial charge in [-0.05, 0) is 11.8 Å². The fourth-order valence-electron chi connectivity index (χ4n) is 1.17. The highest BCUT2D eigenvalue weighted by Crippen LogP contribution is 2.29. The van der Waals surface area contributed by atoms with Crippen LogP contribution in [0.15, 0.2) is 12.4 Å². The van der Waals surface area contributed by atoms with Crippen LogP contribution in [0.1, 0.15) is 6.92 Å². The number of nitro groups is 1. The van der Waals surface area contributed by atoms with Crippen LogP contribution in [-0.2, 0) is 11.3 Å². The van der Waals surface area contributed by atoms with E-state index in [1.807, 2.05) is 6.92 Å². The summed E-state index contributed by atoms with van der Waals surface area (Å²) < 4.78 is 6.63. The van der Waals surface area contributed by atoms with E-state index in [-0.39, 0.29) is 11.5 Å². The zero-order chi connectivity index (χ0) is 9.47. The van der Waals surface area contributed by atoms with Crippen LogP contribution in [0.25, 0.3) is 0 Å². The Morgan fingerprint density at radius 1 is 1.92 bits per heavy atom. The number of epoxide rings is 1. The van der Waals surface area contributed by atoms with Crippen molar-refractivity contribution in [3.63, 3.8) is 0 Å². The second-order valence-electron chi connectivity index (χ2n) is 3.35. The number of hydrogen-bond donors (Lipinski definition) is 0. The molecule has 1 saturated heterocycles. The van der Waals surface area contributed by atoms with Crippen molar-refractivity contribution in [2.45, 2.75) is 19.1 Å². The SMILES string of the molecule is C[C@@]1(Cn2ccnc2[N+](=O)[O-])CO1. The van der Waals surface area contributed by atoms with Crippen LogP contribution < -0.4 is 0 Å². The van der Waals surface area contributed by atoms with Gasteiger partial charge in [-0.1, -0.05) is 4.98 Å². The van der Waals surface area contributed by atoms with Crippen LogP contribution in [0.3, 0.4) is 0 Å². The maximum atomic E-state index is 10.5. The van der Waals surface area contributed by atoms with Crippen molar-refractivity contribution in [1.82, 2.24) is 9.55 Å². The Morgan fingerprint density at radius 2 is 2.62 bits per heavy atom. The fraction of sp³-hybridized carbons (Fsp3) is 0.571. The van der Waals surface area contributed by atoms with Gasteiger partial charge in [0, 0.05) is 0 Å². The molecule has 2 heterocycles. The number of ether oxygens (including phenoxy) is 1. The maximum Gasteiger partial charge on any atom is 0.434 e. The largest absolute Gasteiger partial charge is 0.434 e. The van der Waals surface area contributed by atoms with Gasteiger partial charge in [0.2, 0.25) is 0 Å². The fourth-order valence-corrected chi connectivity index (χ4v) is 1.17. The van der Waals surface area contributed by atoms with Crippen molar-refractivity contribution in [1.29, 1.82) is 0 Å². The van der Waals surface area contributed by atoms with Gasteiger partial charge in [-0.25, -0.2) is 4.57 Å². The molecule has 0 radical (unpaired) electrons. The second-order valence-corrected chi connectivity index (χ2v) is 3.35. The predicted molar refractivity (Wildman–Crippen MR) is 43.2 cm³/mol. The number of nitrogens with zero attached hydrogens (tertiary/aromatic N) is 3. The number of aromatic nitrogens is 2. The lowest BCUT2D eigenvalue weighted by Gasteiger charge is -2.03. The van der Waals surface area contributed by atoms with E-state index in [1.165, 1.54) is 10.8 Å². The topological polar surface area (TPSA) is 73.5 Å². The summed E-state index contributed by atoms with van der Waals surface area (Å²) in [5.74, 6) is -0.128. The van der Waals surface area contributed by atoms with Crippen molar-refractivity contribution >= 4 is 5.95 Å². The molecule has 1 aliphatic heterocycles. The molecule has 0 aliphatic carbocycles. The quantitative estimate of drug-likeness (QED) is 0.390. The average Bonchev–Trinajstić information content (AvgIpc) is 2.63. The highest BCUT2D eigenvalue weighted by Gasteiger charge is 2.42. The molecule has 0 unspecified atom stereocenters. The van der Waals surface area contributed by atoms with E-state index in [2.05, 4.69) is 4.98 Å². The zero-order valence-electron chi connectivity index (χ0n) is 7.14. The summed E-state index contributed by atoms with van der Waals surface area (Å²) in [4.78, 5) is 13.6. The minimum Gasteiger partial charge on any atom is -0.390 e. The van der Waals surface area contributed by atoms with Gasteiger partial charge in [-0.2, -0.15) is 0 Å². The van der Waals surface area contributed by atoms with Crippen LogP contribution in [-0.4, -0.2) is 26.7 Å². The molecule has 0 bridgehead atoms. The van der Waals surface area contributed by atoms with Crippen LogP contribution in [0, 0.1) is 10.1 Å². The standard InChI is InChI=1S/C7H9N3O3/c1-7(5-13-7)4-9-3-2-8-6(9)10(11)12/h2-3H,4-5H2,1H3/t7-/m1/s1. The summed E-state index contributed by atoms with van der Waals surface area (Å²) in [6.07, 6.45) is 3.01. The smallest absolute Gasteiger partial charge is 0.390 e. The predicted octanol–water partition coefficient (Wildman–Crippen LogP) is 0.580. The van der Waals surface area contributed by atoms with E-state index in [0.29, 0.717) is 13.2 Å². The number of hydrogen-bond acceptors (Lipinski definition) is 4. The molecule has 1 aromatic heterocycles. The monoisotopic (exact) mass is 183 g/mol. The third-order valence-corrected chi connectivity index (χ3v) is 2.00. The van der Waals surface area contributed by atoms with Crippen LogP contribution in [0.2, 0.25) is 0 Å². The molecule has 0 saturated carbocycles. The van der Waals surface area contributed by atoms with E-state index in [4.69, 9.17) is 4.74 Å². The molecule has 0 amide bonds. The average molecular weight is 183 g/mol. The van der Waals surface area contributed by atoms with E-state index in [1.54, 1.807) is 6.20 Å². The molecule has 13 heavy (non-hydrogen) atoms. The van der Waals surface area contributed by atoms with Crippen LogP contribution >= 0.6 is 0 Å². The normalized spacial score (nSPS) is 25.9. The second kappa shape index (κ2) is 2.53. The highest BCUT2D eigenvalue weighted by molar-refractivity contribution is 5.08. The molecule has 1 fully saturated rings. The first-order valence-corrected chi connectivity index (χ1v) is 3.90. The van der Waals surface area contributed by atoms with Gasteiger partial charge in [0.25, 0.3) is 0 Å². The molecule has 6 nitrogen and oxygen atoms in total. The molecule has 2 rings (SSSR count). The van der Waals surface area contributed by atoms with Crippen molar-refractivity contribution in [2.75, 3.05) is 6.61 Å². The van der Waals surface area contributed by atoms with Crippen LogP contribution in [0.5, 0.6) is 0 Å². The molecule has 0 spiro atoms. The number of imidazole rings is 1. The highest BCUT2D eigenvalue weighted by atomic mass is 16.6. The van der Waals surface area contributed by atoms with Gasteiger partial charge in [-0.15, -0.1) is 0 Å². The molecular formula is C7H9N3O3. The lowest BCUT2D eigenvalue weighted by atomic mass is 10.2. The van der Waals surface area contributed by atoms with Gasteiger partial charge in [0.15, 0.2) is 0 Å². The van der Waals surface area contributed by atoms with E-state index < -0.39 is 4.92 Å². The summed E-state index contributed by atoms with van der Waals surface area (Å²) in [7, 11) is 0. The molecule has 0 aromatic carbocycles. The van der Waals surface area contributed by atoms with Crippen molar-refractivity contribution in [3.8, 4) is 0 Å². The minimum absolute atomic E-state index is 0.128. The Labute approximate surface area is 74.3 Å². The van der Waals surface area contributed by atoms with E-state index in [9.17, 15) is 10.1 Å². The van der Waals surface area contributed by atoms with Gasteiger partial charge in [-0.3, -0.25) is 0 Å². The van der Waals surface area contributed by atoms with Gasteiger partial charge >= 0.3 is 5.95 Å². The summed E-state index contributed by atoms with van der Waals surface area (Å²) >= 11 is 0. The summed E-state index contributed by atoms with van der Waals surface area (Å²) in [5.41, 5.74) is -0.231. The summed E-state index contributed by atoms with van der Waals surface area (Å²) in [5, 5.41) is 10.5. The Kier molecular flexibility index (Phi) is 1.59. The first kappa shape index (κ1) is 8.18. The lowest BCUT2D eigenvalue weighted by molar-refractivity contribution is -0.396. The molecule has 1 aromatic rings. The Hall–Kier alpha value is -1.43. The molecule has 1 aliphatic rings. The third kappa shape index (κ3) is 1.52. The minimum atomic E-state index is -0.494. The lowest BCUT2D eigenvalue weighted by Crippen LogP contribution is -2.16. The first-order chi connectivity index (χ1) is 6.11. The molecule has 70 valence electrons. The van der Waals surface area contributed by atoms with Gasteiger partial charge in [0.05, 0.1) is 6.61 Å². The molecule has 6 heteroatoms. The van der Waals surface area contributed by atoms with E-state index >= 15 is 0 Å². The zero-order valence-corrected chi connectivity index (χ0v) is 7.14. The van der Waals surface area contributed by atoms with Crippen molar-refractivity contribution in [2.24, 2.45) is 0 Å². The molecule has 0 N–H and O–H groups in total. The van der Waals surface area contributed by atoms with Crippen molar-refractivity contribution < 1.29 is 9.66 Å². The van der Waals surface area contributed by atoms with Crippen LogP contribution in [0.4, 0.5) is 5.95 Å². The third-order valence-electron chi connectivity index (χ3n) is 2.00. The maximum absolute atomic E-state index is 10.5. The van der Waals surface area contributed by atoms with Crippen molar-refractivity contribution in [3.05, 3.63) is 22.5 Å². The summed E-state index contributed by atoms with van der Waals surface area (Å²) in [6.45, 7) is 3.06.